The number of nitrogens with one attached hydrogen (secondary N) is 1. The number of amides is 1. The Hall–Kier alpha value is -2.71. The zero-order chi connectivity index (χ0) is 21.2. The van der Waals surface area contributed by atoms with Crippen molar-refractivity contribution in [3.8, 4) is 6.07 Å². The molecule has 5 heteroatoms. The largest absolute Gasteiger partial charge is 0.344 e. The monoisotopic (exact) mass is 407 g/mol. The van der Waals surface area contributed by atoms with Crippen molar-refractivity contribution < 1.29 is 4.79 Å². The van der Waals surface area contributed by atoms with Crippen LogP contribution in [0, 0.1) is 17.2 Å². The predicted octanol–water partition coefficient (Wildman–Crippen LogP) is 4.81. The second kappa shape index (κ2) is 11.3. The summed E-state index contributed by atoms with van der Waals surface area (Å²) in [5.41, 5.74) is 3.32. The summed E-state index contributed by atoms with van der Waals surface area (Å²) in [4.78, 5) is 14.6. The van der Waals surface area contributed by atoms with Crippen LogP contribution in [-0.4, -0.2) is 22.5 Å². The lowest BCUT2D eigenvalue weighted by atomic mass is 9.96. The number of hydrogen-bond acceptors (Lipinski definition) is 3. The van der Waals surface area contributed by atoms with Crippen LogP contribution in [0.4, 0.5) is 0 Å². The van der Waals surface area contributed by atoms with E-state index in [1.165, 1.54) is 5.56 Å². The number of nitrogens with zero attached hydrogens (tertiary/aromatic N) is 2. The molecule has 1 amide bonds. The maximum absolute atomic E-state index is 12.8. The minimum atomic E-state index is -0.310. The summed E-state index contributed by atoms with van der Waals surface area (Å²) in [7, 11) is 0. The van der Waals surface area contributed by atoms with Gasteiger partial charge in [0.05, 0.1) is 18.4 Å². The third-order valence-electron chi connectivity index (χ3n) is 4.74. The fourth-order valence-corrected chi connectivity index (χ4v) is 3.36. The van der Waals surface area contributed by atoms with Gasteiger partial charge in [0, 0.05) is 13.1 Å². The lowest BCUT2D eigenvalue weighted by Gasteiger charge is -2.25. The summed E-state index contributed by atoms with van der Waals surface area (Å²) in [5.74, 6) is 0.153. The molecular formula is C24H29N3OS. The molecule has 0 aromatic heterocycles. The Labute approximate surface area is 179 Å². The van der Waals surface area contributed by atoms with E-state index in [-0.39, 0.29) is 11.8 Å². The summed E-state index contributed by atoms with van der Waals surface area (Å²) in [6, 6.07) is 20.2. The lowest BCUT2D eigenvalue weighted by molar-refractivity contribution is -0.120. The number of thiocarbonyl (C=S) groups is 1. The molecule has 0 aliphatic rings. The quantitative estimate of drug-likeness (QED) is 0.638. The third kappa shape index (κ3) is 7.32. The van der Waals surface area contributed by atoms with Crippen LogP contribution in [0.1, 0.15) is 49.8 Å². The Balaban J connectivity index is 2.01. The molecule has 152 valence electrons. The molecule has 1 N–H and O–H groups in total. The first-order valence-corrected chi connectivity index (χ1v) is 10.4. The van der Waals surface area contributed by atoms with Crippen molar-refractivity contribution in [1.29, 1.82) is 5.26 Å². The van der Waals surface area contributed by atoms with Gasteiger partial charge < -0.3 is 10.2 Å². The first-order valence-electron chi connectivity index (χ1n) is 10.00. The second-order valence-electron chi connectivity index (χ2n) is 7.67. The zero-order valence-corrected chi connectivity index (χ0v) is 18.2. The normalized spacial score (nSPS) is 11.6. The van der Waals surface area contributed by atoms with E-state index in [4.69, 9.17) is 17.5 Å². The van der Waals surface area contributed by atoms with Crippen molar-refractivity contribution in [1.82, 2.24) is 10.2 Å². The summed E-state index contributed by atoms with van der Waals surface area (Å²) >= 11 is 5.49. The van der Waals surface area contributed by atoms with Crippen LogP contribution in [0.3, 0.4) is 0 Å². The van der Waals surface area contributed by atoms with E-state index in [1.807, 2.05) is 54.3 Å². The lowest BCUT2D eigenvalue weighted by Crippen LogP contribution is -2.44. The topological polar surface area (TPSA) is 56.1 Å². The first kappa shape index (κ1) is 22.6. The molecule has 2 rings (SSSR count). The summed E-state index contributed by atoms with van der Waals surface area (Å²) in [5, 5.41) is 12.2. The molecule has 1 unspecified atom stereocenters. The molecule has 0 saturated carbocycles. The SMILES string of the molecule is CC(C)Cc1ccc(C(C)C(=O)NC(=S)N(CCC#N)Cc2ccccc2)cc1. The van der Waals surface area contributed by atoms with E-state index in [1.54, 1.807) is 0 Å². The molecule has 0 radical (unpaired) electrons. The third-order valence-corrected chi connectivity index (χ3v) is 5.10. The molecule has 0 heterocycles. The minimum Gasteiger partial charge on any atom is -0.344 e. The average Bonchev–Trinajstić information content (AvgIpc) is 2.71. The van der Waals surface area contributed by atoms with Crippen molar-refractivity contribution in [3.05, 3.63) is 71.3 Å². The summed E-state index contributed by atoms with van der Waals surface area (Å²) in [6.45, 7) is 7.30. The number of carbonyl (C=O) groups is 1. The van der Waals surface area contributed by atoms with Gasteiger partial charge >= 0.3 is 0 Å². The van der Waals surface area contributed by atoms with E-state index in [2.05, 4.69) is 37.4 Å². The number of carbonyl (C=O) groups excluding carboxylic acids is 1. The van der Waals surface area contributed by atoms with E-state index in [0.717, 1.165) is 17.5 Å². The van der Waals surface area contributed by atoms with E-state index < -0.39 is 0 Å². The second-order valence-corrected chi connectivity index (χ2v) is 8.06. The highest BCUT2D eigenvalue weighted by Gasteiger charge is 2.19. The van der Waals surface area contributed by atoms with Gasteiger partial charge in [0.25, 0.3) is 0 Å². The highest BCUT2D eigenvalue weighted by atomic mass is 32.1. The molecule has 1 atom stereocenters. The molecule has 2 aromatic rings. The fourth-order valence-electron chi connectivity index (χ4n) is 3.10. The van der Waals surface area contributed by atoms with Crippen LogP contribution in [0.15, 0.2) is 54.6 Å². The van der Waals surface area contributed by atoms with Crippen molar-refractivity contribution in [3.63, 3.8) is 0 Å². The Kier molecular flexibility index (Phi) is 8.82. The molecule has 0 fully saturated rings. The van der Waals surface area contributed by atoms with E-state index in [9.17, 15) is 4.79 Å². The van der Waals surface area contributed by atoms with Crippen LogP contribution >= 0.6 is 12.2 Å². The Morgan fingerprint density at radius 3 is 2.31 bits per heavy atom. The van der Waals surface area contributed by atoms with Crippen LogP contribution in [-0.2, 0) is 17.8 Å². The van der Waals surface area contributed by atoms with Gasteiger partial charge in [0.1, 0.15) is 0 Å². The van der Waals surface area contributed by atoms with Crippen LogP contribution in [0.2, 0.25) is 0 Å². The van der Waals surface area contributed by atoms with Gasteiger partial charge in [-0.1, -0.05) is 68.4 Å². The first-order chi connectivity index (χ1) is 13.9. The standard InChI is InChI=1S/C24H29N3OS/c1-18(2)16-20-10-12-22(13-11-20)19(3)23(28)26-24(29)27(15-7-14-25)17-21-8-5-4-6-9-21/h4-6,8-13,18-19H,7,15-17H2,1-3H3,(H,26,28,29). The molecule has 29 heavy (non-hydrogen) atoms. The smallest absolute Gasteiger partial charge is 0.233 e. The Morgan fingerprint density at radius 2 is 1.72 bits per heavy atom. The van der Waals surface area contributed by atoms with Gasteiger partial charge in [0.2, 0.25) is 5.91 Å². The highest BCUT2D eigenvalue weighted by molar-refractivity contribution is 7.80. The summed E-state index contributed by atoms with van der Waals surface area (Å²) in [6.07, 6.45) is 1.37. The number of hydrogen-bond donors (Lipinski definition) is 1. The molecule has 0 spiro atoms. The van der Waals surface area contributed by atoms with Crippen LogP contribution in [0.25, 0.3) is 0 Å². The van der Waals surface area contributed by atoms with Crippen molar-refractivity contribution in [2.24, 2.45) is 5.92 Å². The number of nitriles is 1. The molecule has 0 aliphatic heterocycles. The van der Waals surface area contributed by atoms with Gasteiger partial charge in [-0.15, -0.1) is 0 Å². The maximum atomic E-state index is 12.8. The van der Waals surface area contributed by atoms with E-state index in [0.29, 0.717) is 30.5 Å². The fraction of sp³-hybridized carbons (Fsp3) is 0.375. The minimum absolute atomic E-state index is 0.137. The van der Waals surface area contributed by atoms with Crippen molar-refractivity contribution in [2.75, 3.05) is 6.54 Å². The van der Waals surface area contributed by atoms with Crippen LogP contribution < -0.4 is 5.32 Å². The van der Waals surface area contributed by atoms with Gasteiger partial charge in [-0.05, 0) is 48.2 Å². The molecule has 0 aliphatic carbocycles. The van der Waals surface area contributed by atoms with Gasteiger partial charge in [0.15, 0.2) is 5.11 Å². The number of benzene rings is 2. The van der Waals surface area contributed by atoms with Crippen LogP contribution in [0.5, 0.6) is 0 Å². The van der Waals surface area contributed by atoms with Gasteiger partial charge in [-0.3, -0.25) is 4.79 Å². The summed E-state index contributed by atoms with van der Waals surface area (Å²) < 4.78 is 0. The zero-order valence-electron chi connectivity index (χ0n) is 17.4. The van der Waals surface area contributed by atoms with Crippen molar-refractivity contribution in [2.45, 2.75) is 46.1 Å². The highest BCUT2D eigenvalue weighted by Crippen LogP contribution is 2.18. The Morgan fingerprint density at radius 1 is 1.07 bits per heavy atom. The molecule has 2 aromatic carbocycles. The number of rotatable bonds is 8. The maximum Gasteiger partial charge on any atom is 0.233 e. The average molecular weight is 408 g/mol. The molecule has 0 saturated heterocycles. The predicted molar refractivity (Wildman–Crippen MR) is 121 cm³/mol. The van der Waals surface area contributed by atoms with Crippen molar-refractivity contribution >= 4 is 23.2 Å². The van der Waals surface area contributed by atoms with Gasteiger partial charge in [-0.25, -0.2) is 0 Å². The van der Waals surface area contributed by atoms with Gasteiger partial charge in [-0.2, -0.15) is 5.26 Å². The molecular weight excluding hydrogens is 378 g/mol. The van der Waals surface area contributed by atoms with E-state index >= 15 is 0 Å². The molecule has 0 bridgehead atoms. The molecule has 4 nitrogen and oxygen atoms in total. The Bertz CT molecular complexity index is 841.